The number of hydrogen-bond donors (Lipinski definition) is 0. The van der Waals surface area contributed by atoms with Gasteiger partial charge in [-0.3, -0.25) is 0 Å². The maximum absolute atomic E-state index is 5.52. The lowest BCUT2D eigenvalue weighted by Crippen LogP contribution is -2.01. The molecule has 17 heavy (non-hydrogen) atoms. The Morgan fingerprint density at radius 3 is 2.18 bits per heavy atom. The zero-order valence-corrected chi connectivity index (χ0v) is 13.3. The average Bonchev–Trinajstić information content (AvgIpc) is 2.33. The first kappa shape index (κ1) is 17.1. The molecule has 0 saturated heterocycles. The van der Waals surface area contributed by atoms with E-state index < -0.39 is 0 Å². The highest BCUT2D eigenvalue weighted by Crippen LogP contribution is 2.18. The number of unbranched alkanes of at least 4 members (excludes halogenated alkanes) is 2. The Morgan fingerprint density at radius 1 is 0.941 bits per heavy atom. The Hall–Kier alpha value is 0.100. The van der Waals surface area contributed by atoms with Crippen LogP contribution in [-0.4, -0.2) is 26.4 Å². The quantitative estimate of drug-likeness (QED) is 0.393. The monoisotopic (exact) mass is 366 g/mol. The van der Waals surface area contributed by atoms with Gasteiger partial charge in [-0.2, -0.15) is 0 Å². The van der Waals surface area contributed by atoms with E-state index in [-0.39, 0.29) is 0 Å². The predicted octanol–water partition coefficient (Wildman–Crippen LogP) is 4.56. The van der Waals surface area contributed by atoms with Crippen LogP contribution >= 0.6 is 31.9 Å². The van der Waals surface area contributed by atoms with E-state index in [1.54, 1.807) is 6.08 Å². The van der Waals surface area contributed by atoms with Crippen molar-refractivity contribution >= 4 is 31.9 Å². The fourth-order valence-electron chi connectivity index (χ4n) is 1.04. The number of halogens is 2. The minimum Gasteiger partial charge on any atom is -0.376 e. The standard InChI is InChI=1S/C13H20Br2O2/c1-3-5-6-7-9-17-11-13(15)12(14)10-16-8-4-2/h3-4H,1-2,5-11H2/b13-12+. The lowest BCUT2D eigenvalue weighted by atomic mass is 10.2. The summed E-state index contributed by atoms with van der Waals surface area (Å²) in [5.74, 6) is 0. The van der Waals surface area contributed by atoms with E-state index in [9.17, 15) is 0 Å². The van der Waals surface area contributed by atoms with Gasteiger partial charge in [0, 0.05) is 15.6 Å². The van der Waals surface area contributed by atoms with E-state index >= 15 is 0 Å². The van der Waals surface area contributed by atoms with Crippen molar-refractivity contribution in [3.63, 3.8) is 0 Å². The molecule has 0 atom stereocenters. The molecule has 4 heteroatoms. The molecule has 0 unspecified atom stereocenters. The van der Waals surface area contributed by atoms with Crippen LogP contribution in [0.1, 0.15) is 19.3 Å². The van der Waals surface area contributed by atoms with E-state index in [0.717, 1.165) is 34.8 Å². The van der Waals surface area contributed by atoms with Crippen LogP contribution in [0.25, 0.3) is 0 Å². The SMILES string of the molecule is C=CCCCCOC/C(Br)=C(\Br)COCC=C. The minimum absolute atomic E-state index is 0.534. The first-order chi connectivity index (χ1) is 8.22. The topological polar surface area (TPSA) is 18.5 Å². The van der Waals surface area contributed by atoms with Gasteiger partial charge < -0.3 is 9.47 Å². The van der Waals surface area contributed by atoms with E-state index in [1.807, 2.05) is 6.08 Å². The molecule has 0 aromatic heterocycles. The number of hydrogen-bond acceptors (Lipinski definition) is 2. The van der Waals surface area contributed by atoms with Crippen LogP contribution in [0.5, 0.6) is 0 Å². The molecule has 0 spiro atoms. The van der Waals surface area contributed by atoms with Crippen molar-refractivity contribution in [2.24, 2.45) is 0 Å². The molecule has 0 radical (unpaired) electrons. The summed E-state index contributed by atoms with van der Waals surface area (Å²) >= 11 is 6.91. The number of ether oxygens (including phenoxy) is 2. The van der Waals surface area contributed by atoms with Gasteiger partial charge in [0.15, 0.2) is 0 Å². The van der Waals surface area contributed by atoms with Crippen LogP contribution in [0, 0.1) is 0 Å². The van der Waals surface area contributed by atoms with Crippen molar-refractivity contribution in [3.8, 4) is 0 Å². The third-order valence-electron chi connectivity index (χ3n) is 1.93. The largest absolute Gasteiger partial charge is 0.376 e. The highest BCUT2D eigenvalue weighted by molar-refractivity contribution is 9.14. The van der Waals surface area contributed by atoms with E-state index in [0.29, 0.717) is 19.8 Å². The van der Waals surface area contributed by atoms with Gasteiger partial charge in [0.2, 0.25) is 0 Å². The van der Waals surface area contributed by atoms with E-state index in [4.69, 9.17) is 9.47 Å². The molecule has 0 bridgehead atoms. The molecule has 0 fully saturated rings. The zero-order chi connectivity index (χ0) is 12.9. The molecule has 2 nitrogen and oxygen atoms in total. The van der Waals surface area contributed by atoms with E-state index in [2.05, 4.69) is 45.0 Å². The first-order valence-corrected chi connectivity index (χ1v) is 7.21. The Balaban J connectivity index is 3.59. The third-order valence-corrected chi connectivity index (χ3v) is 3.88. The van der Waals surface area contributed by atoms with Crippen LogP contribution in [0.3, 0.4) is 0 Å². The Bertz CT molecular complexity index is 250. The van der Waals surface area contributed by atoms with Gasteiger partial charge >= 0.3 is 0 Å². The second-order valence-corrected chi connectivity index (χ2v) is 5.37. The van der Waals surface area contributed by atoms with Crippen LogP contribution in [0.4, 0.5) is 0 Å². The van der Waals surface area contributed by atoms with Crippen LogP contribution in [-0.2, 0) is 9.47 Å². The fourth-order valence-corrected chi connectivity index (χ4v) is 1.60. The van der Waals surface area contributed by atoms with Crippen molar-refractivity contribution in [3.05, 3.63) is 34.3 Å². The van der Waals surface area contributed by atoms with E-state index in [1.165, 1.54) is 0 Å². The second-order valence-electron chi connectivity index (χ2n) is 3.45. The summed E-state index contributed by atoms with van der Waals surface area (Å²) in [5, 5.41) is 0. The smallest absolute Gasteiger partial charge is 0.0795 e. The molecule has 0 rings (SSSR count). The first-order valence-electron chi connectivity index (χ1n) is 5.62. The summed E-state index contributed by atoms with van der Waals surface area (Å²) in [7, 11) is 0. The molecule has 0 aliphatic rings. The molecular weight excluding hydrogens is 348 g/mol. The van der Waals surface area contributed by atoms with Gasteiger partial charge in [0.1, 0.15) is 0 Å². The predicted molar refractivity (Wildman–Crippen MR) is 80.8 cm³/mol. The Labute approximate surface area is 121 Å². The van der Waals surface area contributed by atoms with Crippen molar-refractivity contribution < 1.29 is 9.47 Å². The summed E-state index contributed by atoms with van der Waals surface area (Å²) < 4.78 is 12.8. The number of rotatable bonds is 11. The molecule has 0 amide bonds. The van der Waals surface area contributed by atoms with Crippen molar-refractivity contribution in [1.29, 1.82) is 0 Å². The molecule has 0 aromatic carbocycles. The molecule has 0 aliphatic carbocycles. The Kier molecular flexibility index (Phi) is 12.6. The Morgan fingerprint density at radius 2 is 1.59 bits per heavy atom. The van der Waals surface area contributed by atoms with Gasteiger partial charge in [0.25, 0.3) is 0 Å². The van der Waals surface area contributed by atoms with Gasteiger partial charge in [-0.25, -0.2) is 0 Å². The van der Waals surface area contributed by atoms with Crippen molar-refractivity contribution in [1.82, 2.24) is 0 Å². The van der Waals surface area contributed by atoms with Gasteiger partial charge in [-0.05, 0) is 19.3 Å². The highest BCUT2D eigenvalue weighted by atomic mass is 79.9. The van der Waals surface area contributed by atoms with Crippen LogP contribution < -0.4 is 0 Å². The molecule has 0 aromatic rings. The van der Waals surface area contributed by atoms with Crippen LogP contribution in [0.15, 0.2) is 34.3 Å². The molecule has 0 heterocycles. The summed E-state index contributed by atoms with van der Waals surface area (Å²) in [6, 6.07) is 0. The molecule has 0 saturated carbocycles. The second kappa shape index (κ2) is 12.6. The summed E-state index contributed by atoms with van der Waals surface area (Å²) in [6.45, 7) is 9.71. The average molecular weight is 368 g/mol. The molecule has 98 valence electrons. The maximum atomic E-state index is 5.52. The molecule has 0 aliphatic heterocycles. The lowest BCUT2D eigenvalue weighted by molar-refractivity contribution is 0.154. The molecular formula is C13H20Br2O2. The fraction of sp³-hybridized carbons (Fsp3) is 0.538. The lowest BCUT2D eigenvalue weighted by Gasteiger charge is -2.06. The number of allylic oxidation sites excluding steroid dienone is 1. The van der Waals surface area contributed by atoms with Crippen LogP contribution in [0.2, 0.25) is 0 Å². The molecule has 0 N–H and O–H groups in total. The highest BCUT2D eigenvalue weighted by Gasteiger charge is 2.01. The van der Waals surface area contributed by atoms with Gasteiger partial charge in [-0.1, -0.05) is 44.0 Å². The third kappa shape index (κ3) is 10.9. The van der Waals surface area contributed by atoms with Gasteiger partial charge in [-0.15, -0.1) is 13.2 Å². The normalized spacial score (nSPS) is 12.1. The summed E-state index contributed by atoms with van der Waals surface area (Å²) in [5.41, 5.74) is 0. The van der Waals surface area contributed by atoms with Gasteiger partial charge in [0.05, 0.1) is 19.8 Å². The maximum Gasteiger partial charge on any atom is 0.0795 e. The summed E-state index contributed by atoms with van der Waals surface area (Å²) in [6.07, 6.45) is 6.92. The summed E-state index contributed by atoms with van der Waals surface area (Å²) in [4.78, 5) is 0. The van der Waals surface area contributed by atoms with Crippen molar-refractivity contribution in [2.45, 2.75) is 19.3 Å². The van der Waals surface area contributed by atoms with Crippen molar-refractivity contribution in [2.75, 3.05) is 26.4 Å². The minimum atomic E-state index is 0.534. The zero-order valence-electron chi connectivity index (χ0n) is 10.1.